The van der Waals surface area contributed by atoms with Gasteiger partial charge in [-0.25, -0.2) is 8.42 Å². The normalized spacial score (nSPS) is 14.0. The Hall–Kier alpha value is -4.14. The third kappa shape index (κ3) is 8.42. The van der Waals surface area contributed by atoms with Crippen LogP contribution in [0, 0.1) is 20.8 Å². The summed E-state index contributed by atoms with van der Waals surface area (Å²) in [5.41, 5.74) is 4.65. The number of anilines is 1. The van der Waals surface area contributed by atoms with Gasteiger partial charge in [-0.3, -0.25) is 13.9 Å². The van der Waals surface area contributed by atoms with Crippen molar-refractivity contribution in [3.05, 3.63) is 130 Å². The number of hydrogen-bond donors (Lipinski definition) is 1. The lowest BCUT2D eigenvalue weighted by molar-refractivity contribution is -0.140. The SMILES string of the molecule is Cc1ccc(S(=O)(=O)N(CC(=O)N(Cc2ccc(Cl)cc2)[C@H](Cc2ccccc2)C(=O)NC2CCCC2)c2cccc(C)c2C)cc1. The molecule has 0 bridgehead atoms. The maximum absolute atomic E-state index is 14.7. The molecule has 1 atom stereocenters. The molecule has 1 saturated carbocycles. The number of sulfonamides is 1. The number of rotatable bonds is 12. The predicted octanol–water partition coefficient (Wildman–Crippen LogP) is 7.16. The minimum absolute atomic E-state index is 0.0432. The number of amides is 2. The largest absolute Gasteiger partial charge is 0.352 e. The van der Waals surface area contributed by atoms with E-state index in [1.807, 2.05) is 69.3 Å². The van der Waals surface area contributed by atoms with Crippen molar-refractivity contribution < 1.29 is 18.0 Å². The third-order valence-electron chi connectivity index (χ3n) is 8.97. The maximum atomic E-state index is 14.7. The molecule has 246 valence electrons. The van der Waals surface area contributed by atoms with Crippen LogP contribution in [0.3, 0.4) is 0 Å². The van der Waals surface area contributed by atoms with E-state index >= 15 is 0 Å². The first-order valence-electron chi connectivity index (χ1n) is 16.1. The average Bonchev–Trinajstić information content (AvgIpc) is 3.57. The van der Waals surface area contributed by atoms with Crippen molar-refractivity contribution in [2.75, 3.05) is 10.8 Å². The molecular formula is C38H42ClN3O4S. The topological polar surface area (TPSA) is 86.8 Å². The second-order valence-corrected chi connectivity index (χ2v) is 14.7. The minimum atomic E-state index is -4.17. The molecule has 47 heavy (non-hydrogen) atoms. The second-order valence-electron chi connectivity index (χ2n) is 12.4. The van der Waals surface area contributed by atoms with Gasteiger partial charge in [-0.15, -0.1) is 0 Å². The number of carbonyl (C=O) groups excluding carboxylic acids is 2. The van der Waals surface area contributed by atoms with Crippen molar-refractivity contribution in [2.24, 2.45) is 0 Å². The molecule has 0 heterocycles. The zero-order valence-corrected chi connectivity index (χ0v) is 28.7. The lowest BCUT2D eigenvalue weighted by Gasteiger charge is -2.34. The fourth-order valence-electron chi connectivity index (χ4n) is 6.06. The second kappa shape index (κ2) is 15.2. The number of aryl methyl sites for hydroxylation is 2. The van der Waals surface area contributed by atoms with Crippen LogP contribution < -0.4 is 9.62 Å². The van der Waals surface area contributed by atoms with Crippen LogP contribution in [0.2, 0.25) is 5.02 Å². The molecule has 9 heteroatoms. The van der Waals surface area contributed by atoms with Gasteiger partial charge in [0.1, 0.15) is 12.6 Å². The Balaban J connectivity index is 1.58. The highest BCUT2D eigenvalue weighted by molar-refractivity contribution is 7.92. The predicted molar refractivity (Wildman–Crippen MR) is 188 cm³/mol. The summed E-state index contributed by atoms with van der Waals surface area (Å²) in [7, 11) is -4.17. The summed E-state index contributed by atoms with van der Waals surface area (Å²) in [4.78, 5) is 30.5. The molecule has 5 rings (SSSR count). The van der Waals surface area contributed by atoms with E-state index in [-0.39, 0.29) is 29.8 Å². The summed E-state index contributed by atoms with van der Waals surface area (Å²) >= 11 is 6.19. The Kier molecular flexibility index (Phi) is 11.0. The molecule has 0 saturated heterocycles. The zero-order chi connectivity index (χ0) is 33.6. The average molecular weight is 672 g/mol. The molecule has 7 nitrogen and oxygen atoms in total. The Morgan fingerprint density at radius 1 is 0.830 bits per heavy atom. The van der Waals surface area contributed by atoms with Gasteiger partial charge >= 0.3 is 0 Å². The van der Waals surface area contributed by atoms with Crippen LogP contribution >= 0.6 is 11.6 Å². The molecule has 0 spiro atoms. The van der Waals surface area contributed by atoms with E-state index in [1.54, 1.807) is 48.5 Å². The molecule has 0 aromatic heterocycles. The Morgan fingerprint density at radius 3 is 2.15 bits per heavy atom. The molecule has 0 unspecified atom stereocenters. The van der Waals surface area contributed by atoms with E-state index in [4.69, 9.17) is 11.6 Å². The summed E-state index contributed by atoms with van der Waals surface area (Å²) in [5.74, 6) is -0.734. The molecule has 0 aliphatic heterocycles. The first-order valence-corrected chi connectivity index (χ1v) is 17.9. The maximum Gasteiger partial charge on any atom is 0.264 e. The number of halogens is 1. The van der Waals surface area contributed by atoms with Crippen LogP contribution in [0.4, 0.5) is 5.69 Å². The highest BCUT2D eigenvalue weighted by atomic mass is 35.5. The minimum Gasteiger partial charge on any atom is -0.352 e. The van der Waals surface area contributed by atoms with Crippen molar-refractivity contribution in [3.8, 4) is 0 Å². The number of benzene rings is 4. The highest BCUT2D eigenvalue weighted by Crippen LogP contribution is 2.30. The highest BCUT2D eigenvalue weighted by Gasteiger charge is 2.36. The summed E-state index contributed by atoms with van der Waals surface area (Å²) in [6.45, 7) is 5.26. The summed E-state index contributed by atoms with van der Waals surface area (Å²) in [6, 6.07) is 27.9. The van der Waals surface area contributed by atoms with Crippen LogP contribution in [-0.2, 0) is 32.6 Å². The molecule has 1 aliphatic rings. The standard InChI is InChI=1S/C38H42ClN3O4S/c1-27-16-22-34(23-17-27)47(45,46)42(35-15-9-10-28(2)29(35)3)26-37(43)41(25-31-18-20-32(39)21-19-31)36(24-30-11-5-4-6-12-30)38(44)40-33-13-7-8-14-33/h4-6,9-12,15-23,33,36H,7-8,13-14,24-26H2,1-3H3,(H,40,44)/t36-/m1/s1. The fraction of sp³-hybridized carbons (Fsp3) is 0.316. The zero-order valence-electron chi connectivity index (χ0n) is 27.2. The molecule has 1 N–H and O–H groups in total. The van der Waals surface area contributed by atoms with E-state index in [2.05, 4.69) is 5.32 Å². The van der Waals surface area contributed by atoms with Crippen molar-refractivity contribution in [3.63, 3.8) is 0 Å². The van der Waals surface area contributed by atoms with Crippen molar-refractivity contribution in [1.29, 1.82) is 0 Å². The van der Waals surface area contributed by atoms with Gasteiger partial charge in [0.2, 0.25) is 11.8 Å². The first-order chi connectivity index (χ1) is 22.5. The smallest absolute Gasteiger partial charge is 0.264 e. The van der Waals surface area contributed by atoms with E-state index < -0.39 is 28.5 Å². The van der Waals surface area contributed by atoms with Gasteiger partial charge in [0.25, 0.3) is 10.0 Å². The lowest BCUT2D eigenvalue weighted by Crippen LogP contribution is -2.54. The number of nitrogens with one attached hydrogen (secondary N) is 1. The van der Waals surface area contributed by atoms with Crippen LogP contribution in [-0.4, -0.2) is 43.8 Å². The van der Waals surface area contributed by atoms with Crippen molar-refractivity contribution in [2.45, 2.75) is 76.4 Å². The third-order valence-corrected chi connectivity index (χ3v) is 11.0. The number of nitrogens with zero attached hydrogens (tertiary/aromatic N) is 2. The molecule has 1 fully saturated rings. The van der Waals surface area contributed by atoms with E-state index in [0.29, 0.717) is 10.7 Å². The van der Waals surface area contributed by atoms with Gasteiger partial charge in [-0.05, 0) is 86.2 Å². The molecule has 4 aromatic rings. The van der Waals surface area contributed by atoms with Crippen LogP contribution in [0.5, 0.6) is 0 Å². The van der Waals surface area contributed by atoms with E-state index in [0.717, 1.165) is 53.5 Å². The van der Waals surface area contributed by atoms with Gasteiger partial charge < -0.3 is 10.2 Å². The van der Waals surface area contributed by atoms with E-state index in [1.165, 1.54) is 9.21 Å². The van der Waals surface area contributed by atoms with Gasteiger partial charge in [0.05, 0.1) is 10.6 Å². The monoisotopic (exact) mass is 671 g/mol. The van der Waals surface area contributed by atoms with Crippen molar-refractivity contribution >= 4 is 39.1 Å². The van der Waals surface area contributed by atoms with Crippen molar-refractivity contribution in [1.82, 2.24) is 10.2 Å². The van der Waals surface area contributed by atoms with Crippen LogP contribution in [0.1, 0.15) is 53.5 Å². The van der Waals surface area contributed by atoms with E-state index in [9.17, 15) is 18.0 Å². The lowest BCUT2D eigenvalue weighted by atomic mass is 10.0. The number of carbonyl (C=O) groups is 2. The molecule has 2 amide bonds. The molecular weight excluding hydrogens is 630 g/mol. The van der Waals surface area contributed by atoms with Gasteiger partial charge in [-0.1, -0.05) is 96.7 Å². The van der Waals surface area contributed by atoms with Crippen LogP contribution in [0.25, 0.3) is 0 Å². The summed E-state index contributed by atoms with van der Waals surface area (Å²) in [5, 5.41) is 3.76. The Bertz CT molecular complexity index is 1790. The Labute approximate surface area is 283 Å². The number of hydrogen-bond acceptors (Lipinski definition) is 4. The molecule has 4 aromatic carbocycles. The van der Waals surface area contributed by atoms with Gasteiger partial charge in [0, 0.05) is 24.0 Å². The summed E-state index contributed by atoms with van der Waals surface area (Å²) in [6.07, 6.45) is 4.15. The summed E-state index contributed by atoms with van der Waals surface area (Å²) < 4.78 is 29.9. The first kappa shape index (κ1) is 34.2. The molecule has 0 radical (unpaired) electrons. The fourth-order valence-corrected chi connectivity index (χ4v) is 7.66. The molecule has 1 aliphatic carbocycles. The van der Waals surface area contributed by atoms with Gasteiger partial charge in [-0.2, -0.15) is 0 Å². The van der Waals surface area contributed by atoms with Crippen LogP contribution in [0.15, 0.2) is 102 Å². The quantitative estimate of drug-likeness (QED) is 0.173. The Morgan fingerprint density at radius 2 is 1.49 bits per heavy atom. The van der Waals surface area contributed by atoms with Gasteiger partial charge in [0.15, 0.2) is 0 Å².